The van der Waals surface area contributed by atoms with Crippen LogP contribution in [0, 0.1) is 0 Å². The van der Waals surface area contributed by atoms with Crippen molar-refractivity contribution in [3.63, 3.8) is 0 Å². The number of nitrogens with zero attached hydrogens (tertiary/aromatic N) is 1. The highest BCUT2D eigenvalue weighted by Gasteiger charge is 2.73. The summed E-state index contributed by atoms with van der Waals surface area (Å²) in [6.45, 7) is 5.69. The first-order valence-corrected chi connectivity index (χ1v) is 9.88. The number of rotatable bonds is 5. The van der Waals surface area contributed by atoms with Crippen LogP contribution in [-0.4, -0.2) is 70.4 Å². The lowest BCUT2D eigenvalue weighted by molar-refractivity contribution is -0.214. The van der Waals surface area contributed by atoms with E-state index in [1.165, 1.54) is 0 Å². The maximum Gasteiger partial charge on any atom is 0.165 e. The Kier molecular flexibility index (Phi) is 3.85. The molecule has 0 aromatic heterocycles. The summed E-state index contributed by atoms with van der Waals surface area (Å²) < 4.78 is 12.3. The fourth-order valence-electron chi connectivity index (χ4n) is 6.34. The molecule has 2 fully saturated rings. The Hall–Kier alpha value is -1.60. The summed E-state index contributed by atoms with van der Waals surface area (Å²) in [5.74, 6) is 0.652. The largest absolute Gasteiger partial charge is 0.504 e. The number of phenolic OH excluding ortho intramolecular Hbond substituents is 1. The fourth-order valence-corrected chi connectivity index (χ4v) is 6.34. The first kappa shape index (κ1) is 17.5. The monoisotopic (exact) mass is 373 g/mol. The average Bonchev–Trinajstić information content (AvgIpc) is 3.01. The highest BCUT2D eigenvalue weighted by molar-refractivity contribution is 5.62. The first-order chi connectivity index (χ1) is 13.1. The average molecular weight is 373 g/mol. The van der Waals surface area contributed by atoms with Crippen LogP contribution in [0.25, 0.3) is 0 Å². The number of piperidine rings is 1. The van der Waals surface area contributed by atoms with Gasteiger partial charge in [-0.15, -0.1) is 6.58 Å². The third-order valence-electron chi connectivity index (χ3n) is 7.31. The number of aliphatic hydroxyl groups is 2. The topological polar surface area (TPSA) is 82.4 Å². The highest BCUT2D eigenvalue weighted by Crippen LogP contribution is 2.65. The molecule has 1 aromatic rings. The molecule has 6 heteroatoms. The summed E-state index contributed by atoms with van der Waals surface area (Å²) in [5, 5.41) is 31.8. The quantitative estimate of drug-likeness (QED) is 0.671. The van der Waals surface area contributed by atoms with E-state index in [2.05, 4.69) is 11.5 Å². The van der Waals surface area contributed by atoms with E-state index in [1.807, 2.05) is 12.1 Å². The van der Waals surface area contributed by atoms with Crippen LogP contribution in [0.1, 0.15) is 30.4 Å². The Morgan fingerprint density at radius 1 is 1.37 bits per heavy atom. The van der Waals surface area contributed by atoms with Gasteiger partial charge < -0.3 is 24.8 Å². The van der Waals surface area contributed by atoms with Crippen molar-refractivity contribution < 1.29 is 24.8 Å². The highest BCUT2D eigenvalue weighted by atomic mass is 16.6. The van der Waals surface area contributed by atoms with Gasteiger partial charge in [-0.3, -0.25) is 4.90 Å². The van der Waals surface area contributed by atoms with E-state index in [4.69, 9.17) is 9.47 Å². The number of ether oxygens (including phenoxy) is 2. The van der Waals surface area contributed by atoms with Crippen LogP contribution in [0.4, 0.5) is 0 Å². The number of aliphatic hydroxyl groups excluding tert-OH is 1. The van der Waals surface area contributed by atoms with Crippen LogP contribution in [0.3, 0.4) is 0 Å². The Balaban J connectivity index is 1.68. The maximum absolute atomic E-state index is 12.1. The third kappa shape index (κ3) is 2.04. The molecule has 1 spiro atoms. The van der Waals surface area contributed by atoms with Gasteiger partial charge in [0.1, 0.15) is 6.10 Å². The molecule has 6 nitrogen and oxygen atoms in total. The molecule has 0 radical (unpaired) electrons. The summed E-state index contributed by atoms with van der Waals surface area (Å²) in [6, 6.07) is 3.67. The zero-order valence-corrected chi connectivity index (χ0v) is 15.4. The predicted octanol–water partition coefficient (Wildman–Crippen LogP) is 1.11. The summed E-state index contributed by atoms with van der Waals surface area (Å²) in [7, 11) is 0. The van der Waals surface area contributed by atoms with Crippen molar-refractivity contribution in [2.75, 3.05) is 26.3 Å². The van der Waals surface area contributed by atoms with Gasteiger partial charge in [-0.25, -0.2) is 0 Å². The molecule has 2 unspecified atom stereocenters. The molecule has 2 heterocycles. The smallest absolute Gasteiger partial charge is 0.165 e. The predicted molar refractivity (Wildman–Crippen MR) is 99.1 cm³/mol. The van der Waals surface area contributed by atoms with Gasteiger partial charge in [-0.1, -0.05) is 12.1 Å². The van der Waals surface area contributed by atoms with E-state index in [1.54, 1.807) is 6.07 Å². The van der Waals surface area contributed by atoms with Gasteiger partial charge in [0.05, 0.1) is 30.3 Å². The molecule has 27 heavy (non-hydrogen) atoms. The van der Waals surface area contributed by atoms with Gasteiger partial charge in [0.2, 0.25) is 0 Å². The number of phenols is 1. The minimum atomic E-state index is -0.927. The molecule has 1 saturated carbocycles. The van der Waals surface area contributed by atoms with Crippen LogP contribution in [0.15, 0.2) is 24.8 Å². The van der Waals surface area contributed by atoms with Crippen LogP contribution in [0.5, 0.6) is 11.5 Å². The van der Waals surface area contributed by atoms with Crippen molar-refractivity contribution >= 4 is 0 Å². The van der Waals surface area contributed by atoms with E-state index >= 15 is 0 Å². The van der Waals surface area contributed by atoms with Crippen LogP contribution in [-0.2, 0) is 16.6 Å². The molecule has 2 aliphatic carbocycles. The summed E-state index contributed by atoms with van der Waals surface area (Å²) >= 11 is 0. The van der Waals surface area contributed by atoms with Gasteiger partial charge in [-0.2, -0.15) is 0 Å². The third-order valence-corrected chi connectivity index (χ3v) is 7.31. The molecule has 1 aromatic carbocycles. The van der Waals surface area contributed by atoms with Crippen molar-refractivity contribution in [1.29, 1.82) is 0 Å². The van der Waals surface area contributed by atoms with Crippen molar-refractivity contribution in [3.8, 4) is 11.5 Å². The van der Waals surface area contributed by atoms with Crippen molar-refractivity contribution in [2.45, 2.75) is 54.9 Å². The summed E-state index contributed by atoms with van der Waals surface area (Å²) in [6.07, 6.45) is 4.13. The zero-order chi connectivity index (χ0) is 18.8. The lowest BCUT2D eigenvalue weighted by Gasteiger charge is -2.64. The minimum absolute atomic E-state index is 0.00265. The summed E-state index contributed by atoms with van der Waals surface area (Å²) in [4.78, 5) is 2.33. The number of benzene rings is 1. The zero-order valence-electron chi connectivity index (χ0n) is 15.4. The molecule has 0 amide bonds. The number of likely N-dealkylation sites (tertiary alicyclic amines) is 1. The van der Waals surface area contributed by atoms with Crippen molar-refractivity contribution in [2.24, 2.45) is 0 Å². The SMILES string of the molecule is C=CCN1CCC23c4c5ccc(O)c4O[C@H]2C(OCCO)CC[C@@]3(O)[C@H]1C5. The van der Waals surface area contributed by atoms with Gasteiger partial charge in [-0.05, 0) is 43.9 Å². The van der Waals surface area contributed by atoms with Gasteiger partial charge >= 0.3 is 0 Å². The lowest BCUT2D eigenvalue weighted by Crippen LogP contribution is -2.77. The second-order valence-electron chi connectivity index (χ2n) is 8.31. The molecule has 5 rings (SSSR count). The molecule has 2 aliphatic heterocycles. The number of hydrogen-bond acceptors (Lipinski definition) is 6. The molecular weight excluding hydrogens is 346 g/mol. The Morgan fingerprint density at radius 2 is 2.22 bits per heavy atom. The van der Waals surface area contributed by atoms with Gasteiger partial charge in [0, 0.05) is 18.2 Å². The van der Waals surface area contributed by atoms with Crippen LogP contribution < -0.4 is 4.74 Å². The van der Waals surface area contributed by atoms with Crippen molar-refractivity contribution in [3.05, 3.63) is 35.9 Å². The van der Waals surface area contributed by atoms with Crippen LogP contribution >= 0.6 is 0 Å². The number of hydrogen-bond donors (Lipinski definition) is 3. The van der Waals surface area contributed by atoms with E-state index in [0.29, 0.717) is 18.6 Å². The van der Waals surface area contributed by atoms with E-state index in [0.717, 1.165) is 37.1 Å². The Bertz CT molecular complexity index is 782. The summed E-state index contributed by atoms with van der Waals surface area (Å²) in [5.41, 5.74) is 0.637. The standard InChI is InChI=1S/C21H27NO5/c1-2-8-22-9-7-20-17-13-3-4-14(24)18(17)27-19(20)15(26-11-10-23)5-6-21(20,25)16(22)12-13/h2-4,15-16,19,23-25H,1,5-12H2/t15?,16-,19+,20?,21-/m1/s1. The van der Waals surface area contributed by atoms with E-state index in [-0.39, 0.29) is 37.2 Å². The van der Waals surface area contributed by atoms with Gasteiger partial charge in [0.25, 0.3) is 0 Å². The van der Waals surface area contributed by atoms with Gasteiger partial charge in [0.15, 0.2) is 11.5 Å². The molecule has 5 atom stereocenters. The molecule has 2 bridgehead atoms. The van der Waals surface area contributed by atoms with E-state index in [9.17, 15) is 15.3 Å². The maximum atomic E-state index is 12.1. The molecule has 1 saturated heterocycles. The van der Waals surface area contributed by atoms with Crippen molar-refractivity contribution in [1.82, 2.24) is 4.90 Å². The lowest BCUT2D eigenvalue weighted by atomic mass is 9.48. The first-order valence-electron chi connectivity index (χ1n) is 9.88. The Morgan fingerprint density at radius 3 is 3.00 bits per heavy atom. The number of aromatic hydroxyl groups is 1. The second-order valence-corrected chi connectivity index (χ2v) is 8.31. The normalized spacial score (nSPS) is 39.0. The molecule has 3 N–H and O–H groups in total. The molecule has 4 aliphatic rings. The Labute approximate surface area is 159 Å². The van der Waals surface area contributed by atoms with E-state index < -0.39 is 11.0 Å². The molecular formula is C21H27NO5. The molecule has 146 valence electrons. The minimum Gasteiger partial charge on any atom is -0.504 e. The van der Waals surface area contributed by atoms with Crippen LogP contribution in [0.2, 0.25) is 0 Å². The fraction of sp³-hybridized carbons (Fsp3) is 0.619. The second kappa shape index (κ2) is 5.95.